The molecule has 0 aromatic carbocycles. The van der Waals surface area contributed by atoms with E-state index >= 15 is 0 Å². The average Bonchev–Trinajstić information content (AvgIpc) is 2.96. The van der Waals surface area contributed by atoms with Gasteiger partial charge in [-0.1, -0.05) is 0 Å². The van der Waals surface area contributed by atoms with Crippen LogP contribution in [-0.2, 0) is 30.6 Å². The van der Waals surface area contributed by atoms with Gasteiger partial charge in [-0.25, -0.2) is 9.97 Å². The second-order valence-electron chi connectivity index (χ2n) is 5.56. The predicted octanol–water partition coefficient (Wildman–Crippen LogP) is 2.79. The molecule has 0 radical (unpaired) electrons. The molecule has 1 aliphatic rings. The minimum absolute atomic E-state index is 0. The van der Waals surface area contributed by atoms with E-state index in [4.69, 9.17) is 14.1 Å². The zero-order valence-electron chi connectivity index (χ0n) is 14.4. The van der Waals surface area contributed by atoms with Gasteiger partial charge in [-0.3, -0.25) is 0 Å². The molecule has 2 N–H and O–H groups in total. The van der Waals surface area contributed by atoms with Gasteiger partial charge in [0.15, 0.2) is 5.82 Å². The predicted molar refractivity (Wildman–Crippen MR) is 103 cm³/mol. The molecule has 0 spiro atoms. The third-order valence-electron chi connectivity index (χ3n) is 3.91. The lowest BCUT2D eigenvalue weighted by Crippen LogP contribution is -2.16. The van der Waals surface area contributed by atoms with Crippen LogP contribution in [0.2, 0.25) is 0 Å². The molecule has 8 heteroatoms. The van der Waals surface area contributed by atoms with E-state index in [0.717, 1.165) is 62.0 Å². The van der Waals surface area contributed by atoms with E-state index < -0.39 is 0 Å². The second-order valence-corrected chi connectivity index (χ2v) is 5.56. The Hall–Kier alpha value is -1.34. The standard InChI is InChI=1S/C17H24N4O2.2ClH/c1-2-22-12-16-20-15-7-9-18-8-6-14(15)17(21-16)19-10-5-13-4-3-11-23-13;;/h3-4,11,18H,2,5-10,12H2,1H3,(H,19,20,21);2*1H. The molecule has 0 saturated heterocycles. The van der Waals surface area contributed by atoms with E-state index in [2.05, 4.69) is 15.6 Å². The summed E-state index contributed by atoms with van der Waals surface area (Å²) < 4.78 is 10.9. The maximum absolute atomic E-state index is 5.48. The summed E-state index contributed by atoms with van der Waals surface area (Å²) in [6.45, 7) is 5.83. The van der Waals surface area contributed by atoms with Crippen LogP contribution in [0.3, 0.4) is 0 Å². The Morgan fingerprint density at radius 2 is 2.08 bits per heavy atom. The summed E-state index contributed by atoms with van der Waals surface area (Å²) in [6, 6.07) is 3.91. The van der Waals surface area contributed by atoms with E-state index in [0.29, 0.717) is 13.2 Å². The summed E-state index contributed by atoms with van der Waals surface area (Å²) in [5, 5.41) is 6.88. The summed E-state index contributed by atoms with van der Waals surface area (Å²) in [4.78, 5) is 9.37. The number of ether oxygens (including phenoxy) is 1. The molecule has 2 aromatic rings. The molecule has 0 aliphatic carbocycles. The van der Waals surface area contributed by atoms with Crippen LogP contribution in [0, 0.1) is 0 Å². The Labute approximate surface area is 161 Å². The SMILES string of the molecule is CCOCc1nc2c(c(NCCc3ccco3)n1)CCNCC2.Cl.Cl. The zero-order valence-corrected chi connectivity index (χ0v) is 16.0. The van der Waals surface area contributed by atoms with Crippen LogP contribution in [0.4, 0.5) is 5.82 Å². The quantitative estimate of drug-likeness (QED) is 0.759. The molecule has 3 heterocycles. The highest BCUT2D eigenvalue weighted by molar-refractivity contribution is 5.85. The van der Waals surface area contributed by atoms with Crippen LogP contribution in [0.5, 0.6) is 0 Å². The number of rotatable bonds is 7. The van der Waals surface area contributed by atoms with Gasteiger partial charge in [0.2, 0.25) is 0 Å². The van der Waals surface area contributed by atoms with Crippen LogP contribution in [0.15, 0.2) is 22.8 Å². The number of halogens is 2. The average molecular weight is 389 g/mol. The first-order chi connectivity index (χ1) is 11.4. The molecule has 0 fully saturated rings. The largest absolute Gasteiger partial charge is 0.469 e. The highest BCUT2D eigenvalue weighted by Gasteiger charge is 2.16. The molecule has 0 unspecified atom stereocenters. The lowest BCUT2D eigenvalue weighted by Gasteiger charge is -2.14. The van der Waals surface area contributed by atoms with Gasteiger partial charge in [-0.15, -0.1) is 24.8 Å². The minimum atomic E-state index is 0. The van der Waals surface area contributed by atoms with Gasteiger partial charge in [0, 0.05) is 38.1 Å². The van der Waals surface area contributed by atoms with Crippen molar-refractivity contribution < 1.29 is 9.15 Å². The zero-order chi connectivity index (χ0) is 15.9. The Morgan fingerprint density at radius 3 is 2.84 bits per heavy atom. The number of nitrogens with zero attached hydrogens (tertiary/aromatic N) is 2. The highest BCUT2D eigenvalue weighted by Crippen LogP contribution is 2.20. The third kappa shape index (κ3) is 6.15. The molecule has 25 heavy (non-hydrogen) atoms. The molecule has 2 aromatic heterocycles. The van der Waals surface area contributed by atoms with Crippen molar-refractivity contribution in [3.05, 3.63) is 41.2 Å². The number of fused-ring (bicyclic) bond motifs is 1. The summed E-state index contributed by atoms with van der Waals surface area (Å²) in [5.41, 5.74) is 2.37. The van der Waals surface area contributed by atoms with Gasteiger partial charge in [-0.2, -0.15) is 0 Å². The van der Waals surface area contributed by atoms with Gasteiger partial charge in [0.05, 0.1) is 12.0 Å². The van der Waals surface area contributed by atoms with Gasteiger partial charge in [0.25, 0.3) is 0 Å². The molecule has 0 saturated carbocycles. The van der Waals surface area contributed by atoms with Gasteiger partial charge < -0.3 is 19.8 Å². The fraction of sp³-hybridized carbons (Fsp3) is 0.529. The fourth-order valence-electron chi connectivity index (χ4n) is 2.76. The van der Waals surface area contributed by atoms with Crippen molar-refractivity contribution in [1.29, 1.82) is 0 Å². The van der Waals surface area contributed by atoms with Crippen LogP contribution in [0.25, 0.3) is 0 Å². The minimum Gasteiger partial charge on any atom is -0.469 e. The molecule has 1 aliphatic heterocycles. The Bertz CT molecular complexity index is 623. The topological polar surface area (TPSA) is 72.2 Å². The van der Waals surface area contributed by atoms with Crippen molar-refractivity contribution in [2.45, 2.75) is 32.8 Å². The lowest BCUT2D eigenvalue weighted by molar-refractivity contribution is 0.128. The smallest absolute Gasteiger partial charge is 0.156 e. The van der Waals surface area contributed by atoms with E-state index in [1.807, 2.05) is 19.1 Å². The summed E-state index contributed by atoms with van der Waals surface area (Å²) in [7, 11) is 0. The van der Waals surface area contributed by atoms with Crippen LogP contribution in [0.1, 0.15) is 29.8 Å². The second kappa shape index (κ2) is 11.3. The van der Waals surface area contributed by atoms with E-state index in [1.54, 1.807) is 6.26 Å². The Kier molecular flexibility index (Phi) is 9.82. The number of hydrogen-bond acceptors (Lipinski definition) is 6. The first kappa shape index (κ1) is 21.7. The number of anilines is 1. The Balaban J connectivity index is 0.00000156. The summed E-state index contributed by atoms with van der Waals surface area (Å²) >= 11 is 0. The van der Waals surface area contributed by atoms with Crippen LogP contribution < -0.4 is 10.6 Å². The molecule has 3 rings (SSSR count). The number of furan rings is 1. The molecule has 6 nitrogen and oxygen atoms in total. The normalized spacial score (nSPS) is 13.2. The maximum Gasteiger partial charge on any atom is 0.156 e. The first-order valence-corrected chi connectivity index (χ1v) is 8.30. The van der Waals surface area contributed by atoms with Gasteiger partial charge in [-0.05, 0) is 32.0 Å². The molecule has 0 bridgehead atoms. The van der Waals surface area contributed by atoms with Gasteiger partial charge >= 0.3 is 0 Å². The fourth-order valence-corrected chi connectivity index (χ4v) is 2.76. The van der Waals surface area contributed by atoms with E-state index in [1.165, 1.54) is 5.56 Å². The third-order valence-corrected chi connectivity index (χ3v) is 3.91. The van der Waals surface area contributed by atoms with Crippen LogP contribution in [-0.4, -0.2) is 36.2 Å². The maximum atomic E-state index is 5.48. The van der Waals surface area contributed by atoms with E-state index in [9.17, 15) is 0 Å². The summed E-state index contributed by atoms with van der Waals surface area (Å²) in [5.74, 6) is 2.68. The van der Waals surface area contributed by atoms with Crippen molar-refractivity contribution in [3.63, 3.8) is 0 Å². The van der Waals surface area contributed by atoms with Crippen molar-refractivity contribution in [1.82, 2.24) is 15.3 Å². The van der Waals surface area contributed by atoms with E-state index in [-0.39, 0.29) is 24.8 Å². The monoisotopic (exact) mass is 388 g/mol. The van der Waals surface area contributed by atoms with Crippen molar-refractivity contribution in [2.24, 2.45) is 0 Å². The molecular weight excluding hydrogens is 363 g/mol. The number of nitrogens with one attached hydrogen (secondary N) is 2. The molecule has 0 amide bonds. The number of aromatic nitrogens is 2. The van der Waals surface area contributed by atoms with Crippen molar-refractivity contribution in [3.8, 4) is 0 Å². The van der Waals surface area contributed by atoms with Crippen molar-refractivity contribution in [2.75, 3.05) is 31.6 Å². The Morgan fingerprint density at radius 1 is 1.24 bits per heavy atom. The number of hydrogen-bond donors (Lipinski definition) is 2. The summed E-state index contributed by atoms with van der Waals surface area (Å²) in [6.07, 6.45) is 4.43. The van der Waals surface area contributed by atoms with Gasteiger partial charge in [0.1, 0.15) is 18.2 Å². The van der Waals surface area contributed by atoms with Crippen molar-refractivity contribution >= 4 is 30.6 Å². The van der Waals surface area contributed by atoms with Crippen LogP contribution >= 0.6 is 24.8 Å². The highest BCUT2D eigenvalue weighted by atomic mass is 35.5. The molecule has 0 atom stereocenters. The molecular formula is C17H26Cl2N4O2. The lowest BCUT2D eigenvalue weighted by atomic mass is 10.1. The molecule has 140 valence electrons. The first-order valence-electron chi connectivity index (χ1n) is 8.30.